The number of hydrogen-bond donors (Lipinski definition) is 2. The molecule has 1 unspecified atom stereocenters. The van der Waals surface area contributed by atoms with Gasteiger partial charge in [0.1, 0.15) is 0 Å². The van der Waals surface area contributed by atoms with Crippen LogP contribution in [0.3, 0.4) is 0 Å². The lowest BCUT2D eigenvalue weighted by Crippen LogP contribution is -2.44. The van der Waals surface area contributed by atoms with Crippen molar-refractivity contribution in [2.45, 2.75) is 26.7 Å². The Hall–Kier alpha value is -1.18. The molecule has 0 spiro atoms. The summed E-state index contributed by atoms with van der Waals surface area (Å²) in [6, 6.07) is 0. The van der Waals surface area contributed by atoms with Crippen LogP contribution in [0.2, 0.25) is 0 Å². The molecule has 1 saturated heterocycles. The van der Waals surface area contributed by atoms with Gasteiger partial charge in [0.25, 0.3) is 0 Å². The van der Waals surface area contributed by atoms with Crippen LogP contribution in [-0.2, 0) is 17.6 Å². The predicted molar refractivity (Wildman–Crippen MR) is 101 cm³/mol. The molecule has 1 fully saturated rings. The smallest absolute Gasteiger partial charge is 0.190 e. The number of nitrogens with zero attached hydrogens (tertiary/aromatic N) is 3. The van der Waals surface area contributed by atoms with Crippen molar-refractivity contribution in [1.29, 1.82) is 0 Å². The van der Waals surface area contributed by atoms with E-state index in [1.165, 1.54) is 9.88 Å². The summed E-state index contributed by atoms with van der Waals surface area (Å²) in [5.41, 5.74) is 0. The van der Waals surface area contributed by atoms with E-state index in [1.54, 1.807) is 11.3 Å². The number of hydrogen-bond acceptors (Lipinski definition) is 5. The molecule has 0 aromatic carbocycles. The van der Waals surface area contributed by atoms with Crippen LogP contribution in [0.25, 0.3) is 0 Å². The van der Waals surface area contributed by atoms with Gasteiger partial charge >= 0.3 is 0 Å². The Morgan fingerprint density at radius 2 is 2.21 bits per heavy atom. The summed E-state index contributed by atoms with van der Waals surface area (Å²) >= 11 is 1.80. The fourth-order valence-corrected chi connectivity index (χ4v) is 3.56. The molecule has 0 aliphatic carbocycles. The van der Waals surface area contributed by atoms with Gasteiger partial charge in [0.05, 0.1) is 18.2 Å². The van der Waals surface area contributed by atoms with Crippen LogP contribution >= 0.6 is 11.3 Å². The summed E-state index contributed by atoms with van der Waals surface area (Å²) in [6.45, 7) is 11.1. The Morgan fingerprint density at radius 1 is 1.42 bits per heavy atom. The molecule has 136 valence electrons. The van der Waals surface area contributed by atoms with E-state index < -0.39 is 0 Å². The van der Waals surface area contributed by atoms with Crippen molar-refractivity contribution < 1.29 is 4.74 Å². The zero-order valence-corrected chi connectivity index (χ0v) is 16.0. The van der Waals surface area contributed by atoms with Gasteiger partial charge in [-0.25, -0.2) is 4.98 Å². The van der Waals surface area contributed by atoms with Gasteiger partial charge in [-0.15, -0.1) is 11.3 Å². The molecule has 1 aromatic heterocycles. The van der Waals surface area contributed by atoms with Gasteiger partial charge in [-0.2, -0.15) is 0 Å². The van der Waals surface area contributed by atoms with E-state index in [2.05, 4.69) is 39.4 Å². The zero-order chi connectivity index (χ0) is 17.2. The summed E-state index contributed by atoms with van der Waals surface area (Å²) in [5.74, 6) is 1.45. The van der Waals surface area contributed by atoms with Crippen LogP contribution in [0.5, 0.6) is 0 Å². The molecular formula is C17H31N5OS. The Balaban J connectivity index is 1.62. The summed E-state index contributed by atoms with van der Waals surface area (Å²) in [7, 11) is 1.82. The standard InChI is InChI=1S/C17H31N5OS/c1-4-15-12-20-16(24-15)5-6-19-17(18-3)21-11-14(2)13-22-7-9-23-10-8-22/h12,14H,4-11,13H2,1-3H3,(H2,18,19,21). The van der Waals surface area contributed by atoms with Gasteiger partial charge in [0, 0.05) is 57.3 Å². The van der Waals surface area contributed by atoms with Crippen molar-refractivity contribution in [3.05, 3.63) is 16.1 Å². The van der Waals surface area contributed by atoms with Gasteiger partial charge in [0.2, 0.25) is 0 Å². The monoisotopic (exact) mass is 353 g/mol. The van der Waals surface area contributed by atoms with Crippen molar-refractivity contribution in [2.24, 2.45) is 10.9 Å². The second-order valence-electron chi connectivity index (χ2n) is 6.22. The molecular weight excluding hydrogens is 322 g/mol. The lowest BCUT2D eigenvalue weighted by molar-refractivity contribution is 0.0320. The molecule has 1 aliphatic rings. The van der Waals surface area contributed by atoms with Crippen LogP contribution in [0, 0.1) is 5.92 Å². The van der Waals surface area contributed by atoms with Crippen molar-refractivity contribution in [1.82, 2.24) is 20.5 Å². The van der Waals surface area contributed by atoms with Gasteiger partial charge in [-0.3, -0.25) is 9.89 Å². The minimum absolute atomic E-state index is 0.577. The Bertz CT molecular complexity index is 499. The van der Waals surface area contributed by atoms with Crippen LogP contribution in [0.15, 0.2) is 11.2 Å². The summed E-state index contributed by atoms with van der Waals surface area (Å²) in [5, 5.41) is 7.99. The molecule has 0 saturated carbocycles. The molecule has 7 heteroatoms. The third-order valence-corrected chi connectivity index (χ3v) is 5.30. The molecule has 24 heavy (non-hydrogen) atoms. The van der Waals surface area contributed by atoms with Crippen molar-refractivity contribution in [3.63, 3.8) is 0 Å². The number of aliphatic imine (C=N–C) groups is 1. The predicted octanol–water partition coefficient (Wildman–Crippen LogP) is 1.38. The molecule has 2 N–H and O–H groups in total. The second-order valence-corrected chi connectivity index (χ2v) is 7.42. The average Bonchev–Trinajstić information content (AvgIpc) is 3.07. The van der Waals surface area contributed by atoms with E-state index in [4.69, 9.17) is 4.74 Å². The third-order valence-electron chi connectivity index (χ3n) is 4.10. The maximum atomic E-state index is 5.40. The van der Waals surface area contributed by atoms with Crippen LogP contribution in [0.1, 0.15) is 23.7 Å². The first-order chi connectivity index (χ1) is 11.7. The van der Waals surface area contributed by atoms with Crippen LogP contribution in [0.4, 0.5) is 0 Å². The topological polar surface area (TPSA) is 61.8 Å². The highest BCUT2D eigenvalue weighted by molar-refractivity contribution is 7.11. The number of guanidine groups is 1. The fourth-order valence-electron chi connectivity index (χ4n) is 2.70. The number of aryl methyl sites for hydroxylation is 1. The van der Waals surface area contributed by atoms with Crippen LogP contribution < -0.4 is 10.6 Å². The van der Waals surface area contributed by atoms with Gasteiger partial charge < -0.3 is 15.4 Å². The minimum atomic E-state index is 0.577. The maximum Gasteiger partial charge on any atom is 0.190 e. The van der Waals surface area contributed by atoms with E-state index >= 15 is 0 Å². The molecule has 0 radical (unpaired) electrons. The number of rotatable bonds is 8. The quantitative estimate of drug-likeness (QED) is 0.546. The first-order valence-electron chi connectivity index (χ1n) is 8.89. The molecule has 6 nitrogen and oxygen atoms in total. The molecule has 2 rings (SSSR count). The second kappa shape index (κ2) is 10.6. The number of ether oxygens (including phenoxy) is 1. The lowest BCUT2D eigenvalue weighted by Gasteiger charge is -2.29. The number of nitrogens with one attached hydrogen (secondary N) is 2. The van der Waals surface area contributed by atoms with E-state index in [-0.39, 0.29) is 0 Å². The van der Waals surface area contributed by atoms with Crippen molar-refractivity contribution >= 4 is 17.3 Å². The largest absolute Gasteiger partial charge is 0.379 e. The minimum Gasteiger partial charge on any atom is -0.379 e. The Kier molecular flexibility index (Phi) is 8.49. The lowest BCUT2D eigenvalue weighted by atomic mass is 10.1. The molecule has 1 aliphatic heterocycles. The van der Waals surface area contributed by atoms with E-state index in [0.717, 1.165) is 64.7 Å². The van der Waals surface area contributed by atoms with Gasteiger partial charge in [0.15, 0.2) is 5.96 Å². The summed E-state index contributed by atoms with van der Waals surface area (Å²) < 4.78 is 5.40. The first kappa shape index (κ1) is 19.1. The SMILES string of the molecule is CCc1cnc(CCNC(=NC)NCC(C)CN2CCOCC2)s1. The highest BCUT2D eigenvalue weighted by Gasteiger charge is 2.13. The number of morpholine rings is 1. The molecule has 0 bridgehead atoms. The summed E-state index contributed by atoms with van der Waals surface area (Å²) in [6.07, 6.45) is 3.99. The molecule has 1 atom stereocenters. The molecule has 2 heterocycles. The summed E-state index contributed by atoms with van der Waals surface area (Å²) in [4.78, 5) is 12.6. The Labute approximate surface area is 149 Å². The van der Waals surface area contributed by atoms with Crippen LogP contribution in [-0.4, -0.2) is 68.8 Å². The normalized spacial score (nSPS) is 17.7. The Morgan fingerprint density at radius 3 is 2.88 bits per heavy atom. The van der Waals surface area contributed by atoms with Gasteiger partial charge in [-0.05, 0) is 12.3 Å². The maximum absolute atomic E-state index is 5.40. The molecule has 1 aromatic rings. The van der Waals surface area contributed by atoms with Gasteiger partial charge in [-0.1, -0.05) is 13.8 Å². The van der Waals surface area contributed by atoms with E-state index in [1.807, 2.05) is 13.2 Å². The van der Waals surface area contributed by atoms with E-state index in [9.17, 15) is 0 Å². The third kappa shape index (κ3) is 6.75. The highest BCUT2D eigenvalue weighted by Crippen LogP contribution is 2.13. The fraction of sp³-hybridized carbons (Fsp3) is 0.765. The highest BCUT2D eigenvalue weighted by atomic mass is 32.1. The number of aromatic nitrogens is 1. The van der Waals surface area contributed by atoms with Crippen molar-refractivity contribution in [3.8, 4) is 0 Å². The average molecular weight is 354 g/mol. The number of thiazole rings is 1. The molecule has 0 amide bonds. The van der Waals surface area contributed by atoms with Crippen molar-refractivity contribution in [2.75, 3.05) is 53.0 Å². The zero-order valence-electron chi connectivity index (χ0n) is 15.2. The first-order valence-corrected chi connectivity index (χ1v) is 9.71. The van der Waals surface area contributed by atoms with E-state index in [0.29, 0.717) is 5.92 Å².